The lowest BCUT2D eigenvalue weighted by Gasteiger charge is -2.12. The summed E-state index contributed by atoms with van der Waals surface area (Å²) in [5.41, 5.74) is 4.14. The van der Waals surface area contributed by atoms with Crippen molar-refractivity contribution in [3.63, 3.8) is 0 Å². The average molecular weight is 242 g/mol. The minimum Gasteiger partial charge on any atom is -0.373 e. The summed E-state index contributed by atoms with van der Waals surface area (Å²) < 4.78 is 0. The minimum absolute atomic E-state index is 0.825. The number of anilines is 1. The fourth-order valence-electron chi connectivity index (χ4n) is 1.94. The summed E-state index contributed by atoms with van der Waals surface area (Å²) in [5.74, 6) is 1.75. The maximum atomic E-state index is 4.63. The van der Waals surface area contributed by atoms with E-state index in [-0.39, 0.29) is 0 Å². The Morgan fingerprint density at radius 1 is 1.22 bits per heavy atom. The fourth-order valence-corrected chi connectivity index (χ4v) is 1.94. The van der Waals surface area contributed by atoms with Gasteiger partial charge in [-0.15, -0.1) is 0 Å². The lowest BCUT2D eigenvalue weighted by Crippen LogP contribution is -2.04. The van der Waals surface area contributed by atoms with E-state index in [4.69, 9.17) is 0 Å². The third kappa shape index (κ3) is 2.32. The minimum atomic E-state index is 0.825. The normalized spacial score (nSPS) is 10.4. The highest BCUT2D eigenvalue weighted by atomic mass is 15.0. The molecule has 2 rings (SSSR count). The first kappa shape index (κ1) is 12.5. The first-order chi connectivity index (χ1) is 8.65. The predicted molar refractivity (Wildman–Crippen MR) is 73.7 cm³/mol. The van der Waals surface area contributed by atoms with Crippen LogP contribution in [0.2, 0.25) is 0 Å². The van der Waals surface area contributed by atoms with Crippen LogP contribution in [0, 0.1) is 13.8 Å². The topological polar surface area (TPSA) is 50.7 Å². The van der Waals surface area contributed by atoms with Gasteiger partial charge in [-0.1, -0.05) is 6.92 Å². The Morgan fingerprint density at radius 3 is 2.61 bits per heavy atom. The van der Waals surface area contributed by atoms with Gasteiger partial charge in [0, 0.05) is 36.5 Å². The third-order valence-electron chi connectivity index (χ3n) is 2.92. The van der Waals surface area contributed by atoms with Crippen LogP contribution in [0.3, 0.4) is 0 Å². The Labute approximate surface area is 108 Å². The van der Waals surface area contributed by atoms with E-state index < -0.39 is 0 Å². The monoisotopic (exact) mass is 242 g/mol. The van der Waals surface area contributed by atoms with E-state index in [2.05, 4.69) is 27.2 Å². The number of pyridine rings is 1. The number of aryl methyl sites for hydroxylation is 2. The molecule has 0 fully saturated rings. The number of hydrogen-bond donors (Lipinski definition) is 1. The van der Waals surface area contributed by atoms with Crippen LogP contribution in [-0.4, -0.2) is 22.0 Å². The van der Waals surface area contributed by atoms with Gasteiger partial charge in [0.05, 0.1) is 5.69 Å². The van der Waals surface area contributed by atoms with Crippen LogP contribution in [0.25, 0.3) is 11.3 Å². The van der Waals surface area contributed by atoms with E-state index in [1.54, 1.807) is 0 Å². The third-order valence-corrected chi connectivity index (χ3v) is 2.92. The van der Waals surface area contributed by atoms with Crippen molar-refractivity contribution in [1.82, 2.24) is 15.0 Å². The van der Waals surface area contributed by atoms with Crippen molar-refractivity contribution in [2.45, 2.75) is 27.2 Å². The van der Waals surface area contributed by atoms with Crippen molar-refractivity contribution < 1.29 is 0 Å². The molecule has 18 heavy (non-hydrogen) atoms. The van der Waals surface area contributed by atoms with Gasteiger partial charge in [0.15, 0.2) is 0 Å². The van der Waals surface area contributed by atoms with Gasteiger partial charge in [0.25, 0.3) is 0 Å². The van der Waals surface area contributed by atoms with Crippen molar-refractivity contribution in [3.05, 3.63) is 35.4 Å². The zero-order valence-electron chi connectivity index (χ0n) is 11.3. The van der Waals surface area contributed by atoms with Gasteiger partial charge in [-0.3, -0.25) is 4.98 Å². The molecular weight excluding hydrogens is 224 g/mol. The lowest BCUT2D eigenvalue weighted by atomic mass is 10.1. The van der Waals surface area contributed by atoms with Crippen molar-refractivity contribution in [1.29, 1.82) is 0 Å². The van der Waals surface area contributed by atoms with Crippen molar-refractivity contribution in [2.75, 3.05) is 12.4 Å². The Bertz CT molecular complexity index is 564. The predicted octanol–water partition coefficient (Wildman–Crippen LogP) is 2.76. The molecule has 0 aliphatic rings. The van der Waals surface area contributed by atoms with E-state index in [1.165, 1.54) is 0 Å². The van der Waals surface area contributed by atoms with E-state index >= 15 is 0 Å². The molecule has 94 valence electrons. The second kappa shape index (κ2) is 5.12. The van der Waals surface area contributed by atoms with Crippen LogP contribution >= 0.6 is 0 Å². The maximum Gasteiger partial charge on any atom is 0.132 e. The maximum absolute atomic E-state index is 4.63. The van der Waals surface area contributed by atoms with Crippen LogP contribution in [-0.2, 0) is 6.42 Å². The molecule has 0 amide bonds. The summed E-state index contributed by atoms with van der Waals surface area (Å²) in [4.78, 5) is 13.3. The molecular formula is C14H18N4. The van der Waals surface area contributed by atoms with Gasteiger partial charge in [-0.25, -0.2) is 9.97 Å². The Morgan fingerprint density at radius 2 is 2.00 bits per heavy atom. The standard InChI is InChI=1S/C14H18N4/c1-5-12-17-13(10(3)14(15-4)18-12)11-6-7-16-9(2)8-11/h6-8H,5H2,1-4H3,(H,15,17,18). The Kier molecular flexibility index (Phi) is 3.55. The summed E-state index contributed by atoms with van der Waals surface area (Å²) >= 11 is 0. The summed E-state index contributed by atoms with van der Waals surface area (Å²) in [6.45, 7) is 6.09. The van der Waals surface area contributed by atoms with E-state index in [1.807, 2.05) is 39.2 Å². The van der Waals surface area contributed by atoms with Gasteiger partial charge >= 0.3 is 0 Å². The van der Waals surface area contributed by atoms with Gasteiger partial charge in [0.1, 0.15) is 11.6 Å². The van der Waals surface area contributed by atoms with Crippen LogP contribution in [0.4, 0.5) is 5.82 Å². The van der Waals surface area contributed by atoms with Crippen LogP contribution in [0.1, 0.15) is 24.0 Å². The molecule has 1 N–H and O–H groups in total. The quantitative estimate of drug-likeness (QED) is 0.899. The van der Waals surface area contributed by atoms with Crippen LogP contribution in [0.15, 0.2) is 18.3 Å². The average Bonchev–Trinajstić information content (AvgIpc) is 2.39. The molecule has 0 bridgehead atoms. The second-order valence-electron chi connectivity index (χ2n) is 4.25. The van der Waals surface area contributed by atoms with E-state index in [0.717, 1.165) is 40.6 Å². The molecule has 0 unspecified atom stereocenters. The molecule has 4 heteroatoms. The number of nitrogens with one attached hydrogen (secondary N) is 1. The molecule has 2 heterocycles. The highest BCUT2D eigenvalue weighted by molar-refractivity contribution is 5.68. The summed E-state index contributed by atoms with van der Waals surface area (Å²) in [7, 11) is 1.89. The van der Waals surface area contributed by atoms with Gasteiger partial charge in [-0.2, -0.15) is 0 Å². The van der Waals surface area contributed by atoms with E-state index in [0.29, 0.717) is 0 Å². The molecule has 0 spiro atoms. The number of hydrogen-bond acceptors (Lipinski definition) is 4. The zero-order chi connectivity index (χ0) is 13.1. The van der Waals surface area contributed by atoms with Crippen molar-refractivity contribution >= 4 is 5.82 Å². The van der Waals surface area contributed by atoms with Gasteiger partial charge < -0.3 is 5.32 Å². The number of nitrogens with zero attached hydrogens (tertiary/aromatic N) is 3. The molecule has 0 aliphatic carbocycles. The molecule has 4 nitrogen and oxygen atoms in total. The highest BCUT2D eigenvalue weighted by Gasteiger charge is 2.11. The molecule has 0 saturated heterocycles. The molecule has 2 aromatic heterocycles. The number of rotatable bonds is 3. The summed E-state index contributed by atoms with van der Waals surface area (Å²) in [5, 5.41) is 3.13. The fraction of sp³-hybridized carbons (Fsp3) is 0.357. The Balaban J connectivity index is 2.62. The SMILES string of the molecule is CCc1nc(NC)c(C)c(-c2ccnc(C)c2)n1. The lowest BCUT2D eigenvalue weighted by molar-refractivity contribution is 0.935. The smallest absolute Gasteiger partial charge is 0.132 e. The largest absolute Gasteiger partial charge is 0.373 e. The molecule has 2 aromatic rings. The molecule has 0 radical (unpaired) electrons. The van der Waals surface area contributed by atoms with Crippen LogP contribution < -0.4 is 5.32 Å². The number of aromatic nitrogens is 3. The summed E-state index contributed by atoms with van der Waals surface area (Å²) in [6.07, 6.45) is 2.64. The molecule has 0 aromatic carbocycles. The van der Waals surface area contributed by atoms with E-state index in [9.17, 15) is 0 Å². The summed E-state index contributed by atoms with van der Waals surface area (Å²) in [6, 6.07) is 4.04. The molecule has 0 aliphatic heterocycles. The Hall–Kier alpha value is -1.97. The zero-order valence-corrected chi connectivity index (χ0v) is 11.3. The second-order valence-corrected chi connectivity index (χ2v) is 4.25. The highest BCUT2D eigenvalue weighted by Crippen LogP contribution is 2.25. The van der Waals surface area contributed by atoms with Gasteiger partial charge in [-0.05, 0) is 26.0 Å². The van der Waals surface area contributed by atoms with Crippen LogP contribution in [0.5, 0.6) is 0 Å². The molecule has 0 saturated carbocycles. The van der Waals surface area contributed by atoms with Gasteiger partial charge in [0.2, 0.25) is 0 Å². The van der Waals surface area contributed by atoms with Crippen molar-refractivity contribution in [3.8, 4) is 11.3 Å². The van der Waals surface area contributed by atoms with Crippen molar-refractivity contribution in [2.24, 2.45) is 0 Å². The molecule has 0 atom stereocenters. The first-order valence-corrected chi connectivity index (χ1v) is 6.14. The first-order valence-electron chi connectivity index (χ1n) is 6.14.